The predicted molar refractivity (Wildman–Crippen MR) is 81.1 cm³/mol. The minimum absolute atomic E-state index is 0.0752. The number of ether oxygens (including phenoxy) is 1. The molecule has 0 aliphatic carbocycles. The van der Waals surface area contributed by atoms with Gasteiger partial charge >= 0.3 is 0 Å². The van der Waals surface area contributed by atoms with Crippen LogP contribution < -0.4 is 10.1 Å². The first-order chi connectivity index (χ1) is 10.2. The van der Waals surface area contributed by atoms with Gasteiger partial charge in [0.1, 0.15) is 5.75 Å². The molecule has 0 aliphatic rings. The number of rotatable bonds is 6. The Hall–Kier alpha value is -2.33. The molecule has 0 aliphatic heterocycles. The number of hydrogen-bond donors (Lipinski definition) is 2. The van der Waals surface area contributed by atoms with Gasteiger partial charge in [-0.05, 0) is 24.1 Å². The minimum atomic E-state index is -0.417. The Kier molecular flexibility index (Phi) is 5.35. The van der Waals surface area contributed by atoms with E-state index in [0.717, 1.165) is 11.1 Å². The number of carbonyl (C=O) groups is 1. The van der Waals surface area contributed by atoms with Crippen molar-refractivity contribution < 1.29 is 14.6 Å². The number of hydrogen-bond acceptors (Lipinski definition) is 3. The Balaban J connectivity index is 1.90. The number of nitrogens with one attached hydrogen (secondary N) is 1. The number of amides is 1. The Morgan fingerprint density at radius 2 is 1.81 bits per heavy atom. The lowest BCUT2D eigenvalue weighted by Crippen LogP contribution is -2.34. The van der Waals surface area contributed by atoms with Gasteiger partial charge in [0.05, 0.1) is 12.6 Å². The minimum Gasteiger partial charge on any atom is -0.484 e. The zero-order valence-electron chi connectivity index (χ0n) is 12.0. The highest BCUT2D eigenvalue weighted by Crippen LogP contribution is 2.16. The summed E-state index contributed by atoms with van der Waals surface area (Å²) >= 11 is 0. The maximum atomic E-state index is 11.9. The van der Waals surface area contributed by atoms with Crippen molar-refractivity contribution in [1.29, 1.82) is 0 Å². The first kappa shape index (κ1) is 15.1. The van der Waals surface area contributed by atoms with E-state index in [-0.39, 0.29) is 19.1 Å². The van der Waals surface area contributed by atoms with E-state index < -0.39 is 6.04 Å². The molecule has 0 saturated heterocycles. The zero-order valence-corrected chi connectivity index (χ0v) is 12.0. The van der Waals surface area contributed by atoms with Gasteiger partial charge in [0.2, 0.25) is 0 Å². The van der Waals surface area contributed by atoms with Gasteiger partial charge in [-0.15, -0.1) is 0 Å². The van der Waals surface area contributed by atoms with Crippen molar-refractivity contribution in [1.82, 2.24) is 5.32 Å². The maximum Gasteiger partial charge on any atom is 0.258 e. The largest absolute Gasteiger partial charge is 0.484 e. The molecule has 0 saturated carbocycles. The van der Waals surface area contributed by atoms with Gasteiger partial charge in [-0.25, -0.2) is 0 Å². The van der Waals surface area contributed by atoms with Gasteiger partial charge < -0.3 is 15.2 Å². The molecule has 2 aromatic carbocycles. The van der Waals surface area contributed by atoms with E-state index >= 15 is 0 Å². The van der Waals surface area contributed by atoms with Crippen molar-refractivity contribution in [3.05, 3.63) is 65.7 Å². The van der Waals surface area contributed by atoms with Gasteiger partial charge in [0.15, 0.2) is 6.61 Å². The molecule has 0 fully saturated rings. The summed E-state index contributed by atoms with van der Waals surface area (Å²) in [4.78, 5) is 11.9. The molecule has 2 N–H and O–H groups in total. The van der Waals surface area contributed by atoms with Crippen LogP contribution in [0.15, 0.2) is 54.6 Å². The van der Waals surface area contributed by atoms with Crippen LogP contribution in [-0.2, 0) is 4.79 Å². The Bertz CT molecular complexity index is 584. The van der Waals surface area contributed by atoms with Crippen molar-refractivity contribution in [2.75, 3.05) is 13.2 Å². The molecule has 0 aromatic heterocycles. The van der Waals surface area contributed by atoms with Crippen LogP contribution in [-0.4, -0.2) is 24.2 Å². The summed E-state index contributed by atoms with van der Waals surface area (Å²) in [5.41, 5.74) is 1.84. The summed E-state index contributed by atoms with van der Waals surface area (Å²) in [5.74, 6) is 0.425. The van der Waals surface area contributed by atoms with Gasteiger partial charge in [0, 0.05) is 0 Å². The number of para-hydroxylation sites is 1. The highest BCUT2D eigenvalue weighted by atomic mass is 16.5. The van der Waals surface area contributed by atoms with Crippen LogP contribution in [0.3, 0.4) is 0 Å². The monoisotopic (exact) mass is 285 g/mol. The van der Waals surface area contributed by atoms with E-state index in [4.69, 9.17) is 4.74 Å². The third-order valence-corrected chi connectivity index (χ3v) is 3.17. The van der Waals surface area contributed by atoms with Crippen LogP contribution in [0.2, 0.25) is 0 Å². The molecule has 0 heterocycles. The van der Waals surface area contributed by atoms with Crippen LogP contribution in [0, 0.1) is 6.92 Å². The Labute approximate surface area is 124 Å². The van der Waals surface area contributed by atoms with E-state index in [1.165, 1.54) is 0 Å². The van der Waals surface area contributed by atoms with Crippen LogP contribution >= 0.6 is 0 Å². The van der Waals surface area contributed by atoms with Crippen molar-refractivity contribution in [2.45, 2.75) is 13.0 Å². The normalized spacial score (nSPS) is 11.7. The molecule has 2 rings (SSSR count). The average molecular weight is 285 g/mol. The molecule has 0 radical (unpaired) electrons. The summed E-state index contributed by atoms with van der Waals surface area (Å²) in [7, 11) is 0. The second-order valence-corrected chi connectivity index (χ2v) is 4.77. The first-order valence-corrected chi connectivity index (χ1v) is 6.84. The van der Waals surface area contributed by atoms with Gasteiger partial charge in [0.25, 0.3) is 5.91 Å². The fourth-order valence-corrected chi connectivity index (χ4v) is 2.02. The van der Waals surface area contributed by atoms with E-state index in [1.807, 2.05) is 61.5 Å². The van der Waals surface area contributed by atoms with Gasteiger partial charge in [-0.1, -0.05) is 48.5 Å². The number of carbonyl (C=O) groups excluding carboxylic acids is 1. The summed E-state index contributed by atoms with van der Waals surface area (Å²) in [6.07, 6.45) is 0. The number of benzene rings is 2. The zero-order chi connectivity index (χ0) is 15.1. The second-order valence-electron chi connectivity index (χ2n) is 4.77. The molecule has 0 unspecified atom stereocenters. The third kappa shape index (κ3) is 4.33. The number of aliphatic hydroxyl groups excluding tert-OH is 1. The van der Waals surface area contributed by atoms with Crippen molar-refractivity contribution >= 4 is 5.91 Å². The van der Waals surface area contributed by atoms with Crippen LogP contribution in [0.25, 0.3) is 0 Å². The SMILES string of the molecule is Cc1ccccc1OCC(=O)N[C@@H](CO)c1ccccc1. The highest BCUT2D eigenvalue weighted by Gasteiger charge is 2.13. The van der Waals surface area contributed by atoms with E-state index in [0.29, 0.717) is 5.75 Å². The van der Waals surface area contributed by atoms with Gasteiger partial charge in [-0.2, -0.15) is 0 Å². The van der Waals surface area contributed by atoms with Crippen molar-refractivity contribution in [3.8, 4) is 5.75 Å². The lowest BCUT2D eigenvalue weighted by molar-refractivity contribution is -0.124. The van der Waals surface area contributed by atoms with E-state index in [9.17, 15) is 9.90 Å². The molecule has 21 heavy (non-hydrogen) atoms. The fraction of sp³-hybridized carbons (Fsp3) is 0.235. The van der Waals surface area contributed by atoms with Crippen molar-refractivity contribution in [2.24, 2.45) is 0 Å². The molecule has 1 amide bonds. The smallest absolute Gasteiger partial charge is 0.258 e. The molecule has 0 bridgehead atoms. The van der Waals surface area contributed by atoms with Crippen LogP contribution in [0.5, 0.6) is 5.75 Å². The molecule has 4 nitrogen and oxygen atoms in total. The van der Waals surface area contributed by atoms with E-state index in [2.05, 4.69) is 5.32 Å². The van der Waals surface area contributed by atoms with Crippen LogP contribution in [0.4, 0.5) is 0 Å². The number of aryl methyl sites for hydroxylation is 1. The lowest BCUT2D eigenvalue weighted by atomic mass is 10.1. The first-order valence-electron chi connectivity index (χ1n) is 6.84. The predicted octanol–water partition coefficient (Wildman–Crippen LogP) is 2.22. The molecule has 2 aromatic rings. The topological polar surface area (TPSA) is 58.6 Å². The molecule has 1 atom stereocenters. The second kappa shape index (κ2) is 7.45. The quantitative estimate of drug-likeness (QED) is 0.855. The maximum absolute atomic E-state index is 11.9. The summed E-state index contributed by atoms with van der Waals surface area (Å²) in [6, 6.07) is 16.5. The molecular weight excluding hydrogens is 266 g/mol. The van der Waals surface area contributed by atoms with Crippen LogP contribution in [0.1, 0.15) is 17.2 Å². The summed E-state index contributed by atoms with van der Waals surface area (Å²) in [6.45, 7) is 1.70. The summed E-state index contributed by atoms with van der Waals surface area (Å²) < 4.78 is 5.49. The molecular formula is C17H19NO3. The Morgan fingerprint density at radius 3 is 2.48 bits per heavy atom. The highest BCUT2D eigenvalue weighted by molar-refractivity contribution is 5.78. The third-order valence-electron chi connectivity index (χ3n) is 3.17. The van der Waals surface area contributed by atoms with Gasteiger partial charge in [-0.3, -0.25) is 4.79 Å². The summed E-state index contributed by atoms with van der Waals surface area (Å²) in [5, 5.41) is 12.2. The Morgan fingerprint density at radius 1 is 1.14 bits per heavy atom. The average Bonchev–Trinajstić information content (AvgIpc) is 2.52. The standard InChI is InChI=1S/C17H19NO3/c1-13-7-5-6-10-16(13)21-12-17(20)18-15(11-19)14-8-3-2-4-9-14/h2-10,15,19H,11-12H2,1H3,(H,18,20)/t15-/m0/s1. The lowest BCUT2D eigenvalue weighted by Gasteiger charge is -2.17. The van der Waals surface area contributed by atoms with Crippen molar-refractivity contribution in [3.63, 3.8) is 0 Å². The fourth-order valence-electron chi connectivity index (χ4n) is 2.02. The molecule has 110 valence electrons. The molecule has 4 heteroatoms. The van der Waals surface area contributed by atoms with E-state index in [1.54, 1.807) is 0 Å². The number of aliphatic hydroxyl groups is 1. The molecule has 0 spiro atoms.